The normalized spacial score (nSPS) is 16.1. The molecular weight excluding hydrogens is 473 g/mol. The zero-order valence-electron chi connectivity index (χ0n) is 24.4. The molecule has 7 heteroatoms. The molecule has 0 radical (unpaired) electrons. The summed E-state index contributed by atoms with van der Waals surface area (Å²) in [6.07, 6.45) is 25.4. The monoisotopic (exact) mass is 531 g/mol. The molecule has 0 aliphatic rings. The maximum atomic E-state index is 12.6. The Bertz CT molecular complexity index is 603. The average molecular weight is 532 g/mol. The SMILES string of the molecule is CCCCCC/C=C\CCCC/C=C\CCCCCOC[C@H](COP(=O)([O-])C(CC)[N+](C)(C)C)OC. The highest BCUT2D eigenvalue weighted by molar-refractivity contribution is 7.51. The molecule has 6 nitrogen and oxygen atoms in total. The van der Waals surface area contributed by atoms with Crippen LogP contribution in [0.4, 0.5) is 0 Å². The highest BCUT2D eigenvalue weighted by Crippen LogP contribution is 2.47. The summed E-state index contributed by atoms with van der Waals surface area (Å²) in [7, 11) is 3.16. The Balaban J connectivity index is 3.73. The van der Waals surface area contributed by atoms with E-state index in [1.165, 1.54) is 64.2 Å². The zero-order valence-corrected chi connectivity index (χ0v) is 25.3. The largest absolute Gasteiger partial charge is 0.774 e. The number of ether oxygens (including phenoxy) is 2. The predicted octanol–water partition coefficient (Wildman–Crippen LogP) is 7.23. The van der Waals surface area contributed by atoms with Crippen LogP contribution in [-0.4, -0.2) is 64.4 Å². The second-order valence-corrected chi connectivity index (χ2v) is 12.6. The van der Waals surface area contributed by atoms with Crippen LogP contribution in [0.5, 0.6) is 0 Å². The molecule has 0 N–H and O–H groups in total. The number of quaternary nitrogens is 1. The second-order valence-electron chi connectivity index (χ2n) is 10.7. The zero-order chi connectivity index (χ0) is 27.1. The van der Waals surface area contributed by atoms with E-state index in [-0.39, 0.29) is 12.7 Å². The molecule has 0 spiro atoms. The first-order valence-corrected chi connectivity index (χ1v) is 16.0. The van der Waals surface area contributed by atoms with E-state index in [0.717, 1.165) is 19.3 Å². The van der Waals surface area contributed by atoms with Crippen LogP contribution >= 0.6 is 7.60 Å². The highest BCUT2D eigenvalue weighted by atomic mass is 31.2. The van der Waals surface area contributed by atoms with Gasteiger partial charge in [0.2, 0.25) is 0 Å². The first-order chi connectivity index (χ1) is 17.2. The second kappa shape index (κ2) is 22.5. The molecule has 0 aromatic heterocycles. The molecule has 0 bridgehead atoms. The van der Waals surface area contributed by atoms with E-state index in [9.17, 15) is 9.46 Å². The van der Waals surface area contributed by atoms with Crippen molar-refractivity contribution in [2.45, 2.75) is 116 Å². The molecule has 3 atom stereocenters. The van der Waals surface area contributed by atoms with Gasteiger partial charge in [-0.2, -0.15) is 0 Å². The first kappa shape index (κ1) is 35.5. The number of unbranched alkanes of at least 4 members (excludes halogenated alkanes) is 10. The van der Waals surface area contributed by atoms with Crippen molar-refractivity contribution < 1.29 is 27.9 Å². The number of hydrogen-bond donors (Lipinski definition) is 0. The minimum absolute atomic E-state index is 0.00604. The van der Waals surface area contributed by atoms with Gasteiger partial charge in [0.15, 0.2) is 13.4 Å². The third-order valence-electron chi connectivity index (χ3n) is 6.41. The molecule has 36 heavy (non-hydrogen) atoms. The van der Waals surface area contributed by atoms with Crippen molar-refractivity contribution in [1.82, 2.24) is 0 Å². The fourth-order valence-corrected chi connectivity index (χ4v) is 6.04. The van der Waals surface area contributed by atoms with Crippen LogP contribution in [0.3, 0.4) is 0 Å². The lowest BCUT2D eigenvalue weighted by Crippen LogP contribution is -2.47. The van der Waals surface area contributed by atoms with E-state index in [1.807, 2.05) is 28.1 Å². The third kappa shape index (κ3) is 19.6. The Morgan fingerprint density at radius 2 is 1.28 bits per heavy atom. The lowest BCUT2D eigenvalue weighted by molar-refractivity contribution is -0.884. The Labute approximate surface area is 223 Å². The smallest absolute Gasteiger partial charge is 0.193 e. The highest BCUT2D eigenvalue weighted by Gasteiger charge is 2.34. The average Bonchev–Trinajstić information content (AvgIpc) is 2.81. The standard InChI is InChI=1S/C29H58NO5P/c1-7-9-10-11-12-13-14-15-16-17-18-19-20-21-22-23-24-25-34-26-28(33-6)27-35-36(31,32)29(8-2)30(3,4)5/h13-14,19-20,28-29H,7-12,15-18,21-27H2,1-6H3/b14-13-,20-19-/t28-,29?/m1/s1. The van der Waals surface area contributed by atoms with Gasteiger partial charge in [-0.3, -0.25) is 0 Å². The van der Waals surface area contributed by atoms with Gasteiger partial charge in [0.05, 0.1) is 34.4 Å². The Morgan fingerprint density at radius 1 is 0.778 bits per heavy atom. The van der Waals surface area contributed by atoms with Crippen molar-refractivity contribution in [2.75, 3.05) is 48.1 Å². The Morgan fingerprint density at radius 3 is 1.72 bits per heavy atom. The summed E-state index contributed by atoms with van der Waals surface area (Å²) in [5.74, 6) is -0.572. The molecular formula is C29H58NO5P. The van der Waals surface area contributed by atoms with Gasteiger partial charge in [-0.05, 0) is 57.8 Å². The first-order valence-electron chi connectivity index (χ1n) is 14.4. The summed E-state index contributed by atoms with van der Waals surface area (Å²) in [5, 5.41) is 0. The van der Waals surface area contributed by atoms with E-state index >= 15 is 0 Å². The Hall–Kier alpha value is -0.490. The maximum absolute atomic E-state index is 12.6. The van der Waals surface area contributed by atoms with E-state index in [2.05, 4.69) is 31.2 Å². The Kier molecular flexibility index (Phi) is 22.2. The maximum Gasteiger partial charge on any atom is 0.193 e. The van der Waals surface area contributed by atoms with Crippen LogP contribution in [0.15, 0.2) is 24.3 Å². The molecule has 0 aliphatic carbocycles. The van der Waals surface area contributed by atoms with Crippen LogP contribution in [0.25, 0.3) is 0 Å². The van der Waals surface area contributed by atoms with Gasteiger partial charge in [-0.15, -0.1) is 0 Å². The third-order valence-corrected chi connectivity index (χ3v) is 8.71. The summed E-state index contributed by atoms with van der Waals surface area (Å²) < 4.78 is 29.3. The summed E-state index contributed by atoms with van der Waals surface area (Å²) >= 11 is 0. The number of hydrogen-bond acceptors (Lipinski definition) is 5. The van der Waals surface area contributed by atoms with Crippen LogP contribution < -0.4 is 4.89 Å². The van der Waals surface area contributed by atoms with Crippen LogP contribution in [0.2, 0.25) is 0 Å². The van der Waals surface area contributed by atoms with Gasteiger partial charge in [0.25, 0.3) is 0 Å². The van der Waals surface area contributed by atoms with Crippen molar-refractivity contribution in [1.29, 1.82) is 0 Å². The lowest BCUT2D eigenvalue weighted by Gasteiger charge is -2.41. The minimum atomic E-state index is -3.99. The van der Waals surface area contributed by atoms with Crippen molar-refractivity contribution in [3.05, 3.63) is 24.3 Å². The quantitative estimate of drug-likeness (QED) is 0.0538. The van der Waals surface area contributed by atoms with Crippen LogP contribution in [0, 0.1) is 0 Å². The molecule has 214 valence electrons. The summed E-state index contributed by atoms with van der Waals surface area (Å²) in [4.78, 5) is 12.6. The van der Waals surface area contributed by atoms with Gasteiger partial charge in [0, 0.05) is 20.1 Å². The minimum Gasteiger partial charge on any atom is -0.774 e. The predicted molar refractivity (Wildman–Crippen MR) is 151 cm³/mol. The summed E-state index contributed by atoms with van der Waals surface area (Å²) in [6.45, 7) is 5.11. The van der Waals surface area contributed by atoms with E-state index in [0.29, 0.717) is 24.1 Å². The number of rotatable bonds is 25. The number of methoxy groups -OCH3 is 1. The molecule has 0 aromatic rings. The number of nitrogens with zero attached hydrogens (tertiary/aromatic N) is 1. The fraction of sp³-hybridized carbons (Fsp3) is 0.862. The molecule has 0 aromatic carbocycles. The molecule has 0 aliphatic heterocycles. The molecule has 0 amide bonds. The fourth-order valence-electron chi connectivity index (χ4n) is 4.20. The van der Waals surface area contributed by atoms with Crippen molar-refractivity contribution >= 4 is 7.60 Å². The summed E-state index contributed by atoms with van der Waals surface area (Å²) in [6, 6.07) is 0. The van der Waals surface area contributed by atoms with Crippen LogP contribution in [0.1, 0.15) is 104 Å². The lowest BCUT2D eigenvalue weighted by atomic mass is 10.1. The van der Waals surface area contributed by atoms with Crippen LogP contribution in [-0.2, 0) is 18.6 Å². The van der Waals surface area contributed by atoms with Gasteiger partial charge in [-0.1, -0.05) is 63.8 Å². The van der Waals surface area contributed by atoms with E-state index in [4.69, 9.17) is 14.0 Å². The van der Waals surface area contributed by atoms with Gasteiger partial charge >= 0.3 is 0 Å². The topological polar surface area (TPSA) is 67.8 Å². The molecule has 0 fully saturated rings. The van der Waals surface area contributed by atoms with Crippen molar-refractivity contribution in [2.24, 2.45) is 0 Å². The molecule has 0 saturated carbocycles. The molecule has 0 heterocycles. The van der Waals surface area contributed by atoms with Gasteiger partial charge in [0.1, 0.15) is 6.10 Å². The van der Waals surface area contributed by atoms with Crippen molar-refractivity contribution in [3.63, 3.8) is 0 Å². The van der Waals surface area contributed by atoms with E-state index in [1.54, 1.807) is 7.11 Å². The molecule has 2 unspecified atom stereocenters. The number of allylic oxidation sites excluding steroid dienone is 4. The molecule has 0 rings (SSSR count). The molecule has 0 saturated heterocycles. The van der Waals surface area contributed by atoms with Crippen molar-refractivity contribution in [3.8, 4) is 0 Å². The van der Waals surface area contributed by atoms with Gasteiger partial charge in [-0.25, -0.2) is 0 Å². The van der Waals surface area contributed by atoms with Gasteiger partial charge < -0.3 is 27.9 Å². The summed E-state index contributed by atoms with van der Waals surface area (Å²) in [5.41, 5.74) is 0. The van der Waals surface area contributed by atoms with E-state index < -0.39 is 13.4 Å².